The van der Waals surface area contributed by atoms with Crippen molar-refractivity contribution in [2.75, 3.05) is 0 Å². The van der Waals surface area contributed by atoms with Gasteiger partial charge in [-0.25, -0.2) is 4.18 Å². The van der Waals surface area contributed by atoms with Gasteiger partial charge in [0.25, 0.3) is 0 Å². The van der Waals surface area contributed by atoms with Crippen molar-refractivity contribution in [3.8, 4) is 0 Å². The fourth-order valence-corrected chi connectivity index (χ4v) is 10.1. The van der Waals surface area contributed by atoms with Crippen LogP contribution >= 0.6 is 0 Å². The molecule has 5 aliphatic rings. The van der Waals surface area contributed by atoms with E-state index in [1.807, 2.05) is 0 Å². The molecule has 0 aromatic rings. The molecular weight excluding hydrogens is 508 g/mol. The van der Waals surface area contributed by atoms with Crippen LogP contribution in [0.3, 0.4) is 0 Å². The maximum atomic E-state index is 11.9. The van der Waals surface area contributed by atoms with Gasteiger partial charge in [0.2, 0.25) is 0 Å². The van der Waals surface area contributed by atoms with Crippen molar-refractivity contribution in [3.05, 3.63) is 11.6 Å². The predicted molar refractivity (Wildman–Crippen MR) is 141 cm³/mol. The van der Waals surface area contributed by atoms with E-state index in [-0.39, 0.29) is 17.3 Å². The number of hydrogen-bond donors (Lipinski definition) is 2. The summed E-state index contributed by atoms with van der Waals surface area (Å²) in [6, 6.07) is 0. The lowest BCUT2D eigenvalue weighted by atomic mass is 9.47. The van der Waals surface area contributed by atoms with Crippen LogP contribution in [0.15, 0.2) is 11.6 Å². The number of fused-ring (bicyclic) bond motifs is 5. The lowest BCUT2D eigenvalue weighted by Gasteiger charge is -2.59. The van der Waals surface area contributed by atoms with Crippen molar-refractivity contribution in [1.29, 1.82) is 0 Å². The second kappa shape index (κ2) is 9.82. The molecule has 1 heterocycles. The average Bonchev–Trinajstić information content (AvgIpc) is 3.45. The Bertz CT molecular complexity index is 1070. The van der Waals surface area contributed by atoms with E-state index in [2.05, 4.69) is 40.7 Å². The van der Waals surface area contributed by atoms with Crippen LogP contribution in [0.1, 0.15) is 86.5 Å². The van der Waals surface area contributed by atoms with Gasteiger partial charge in [0.05, 0.1) is 12.2 Å². The van der Waals surface area contributed by atoms with Gasteiger partial charge in [0.1, 0.15) is 18.3 Å². The highest BCUT2D eigenvalue weighted by Gasteiger charge is 2.63. The lowest BCUT2D eigenvalue weighted by Crippen LogP contribution is -2.61. The van der Waals surface area contributed by atoms with Crippen molar-refractivity contribution in [2.45, 2.75) is 117 Å². The number of esters is 1. The van der Waals surface area contributed by atoms with E-state index in [1.54, 1.807) is 0 Å². The minimum absolute atomic E-state index is 0.178. The number of hydrogen-bond acceptors (Lipinski definition) is 7. The van der Waals surface area contributed by atoms with Crippen molar-refractivity contribution in [2.24, 2.45) is 46.3 Å². The Balaban J connectivity index is 1.41. The van der Waals surface area contributed by atoms with Crippen molar-refractivity contribution >= 4 is 16.4 Å². The largest absolute Gasteiger partial charge is 0.460 e. The van der Waals surface area contributed by atoms with Gasteiger partial charge >= 0.3 is 16.4 Å². The molecule has 0 aromatic carbocycles. The zero-order chi connectivity index (χ0) is 27.8. The first kappa shape index (κ1) is 28.5. The second-order valence-corrected chi connectivity index (χ2v) is 14.9. The van der Waals surface area contributed by atoms with Gasteiger partial charge in [-0.3, -0.25) is 9.35 Å². The van der Waals surface area contributed by atoms with Gasteiger partial charge in [-0.2, -0.15) is 8.42 Å². The molecular formula is C29H46O8S. The number of ether oxygens (including phenoxy) is 2. The smallest absolute Gasteiger partial charge is 0.397 e. The van der Waals surface area contributed by atoms with Crippen LogP contribution in [0, 0.1) is 46.3 Å². The van der Waals surface area contributed by atoms with E-state index >= 15 is 0 Å². The molecule has 5 rings (SSSR count). The van der Waals surface area contributed by atoms with Crippen molar-refractivity contribution in [3.63, 3.8) is 0 Å². The Hall–Kier alpha value is -1.00. The number of epoxide rings is 1. The molecule has 12 atom stereocenters. The number of carbonyl (C=O) groups excluding carboxylic acids is 1. The molecule has 0 radical (unpaired) electrons. The van der Waals surface area contributed by atoms with Crippen molar-refractivity contribution in [1.82, 2.24) is 0 Å². The average molecular weight is 555 g/mol. The topological polar surface area (TPSA) is 123 Å². The fourth-order valence-electron chi connectivity index (χ4n) is 9.58. The van der Waals surface area contributed by atoms with E-state index in [9.17, 15) is 22.9 Å². The molecule has 2 N–H and O–H groups in total. The summed E-state index contributed by atoms with van der Waals surface area (Å²) in [4.78, 5) is 11.9. The van der Waals surface area contributed by atoms with E-state index in [0.29, 0.717) is 48.7 Å². The van der Waals surface area contributed by atoms with Crippen LogP contribution in [-0.4, -0.2) is 54.6 Å². The number of rotatable bonds is 7. The summed E-state index contributed by atoms with van der Waals surface area (Å²) in [5.74, 6) is 1.53. The molecule has 9 heteroatoms. The molecule has 1 aliphatic heterocycles. The third-order valence-corrected chi connectivity index (χ3v) is 11.7. The molecule has 216 valence electrons. The van der Waals surface area contributed by atoms with Gasteiger partial charge in [0, 0.05) is 6.92 Å². The molecule has 0 aromatic heterocycles. The number of allylic oxidation sites excluding steroid dienone is 2. The molecule has 0 spiro atoms. The van der Waals surface area contributed by atoms with Gasteiger partial charge in [0.15, 0.2) is 0 Å². The zero-order valence-corrected chi connectivity index (χ0v) is 24.4. The Morgan fingerprint density at radius 2 is 1.84 bits per heavy atom. The standard InChI is InChI=1S/C29H46O8S/c1-15(2)13-23-26(36-23)16(3)19-9-10-20-18-7-8-22-27(37-38(32,33)34)25(31)24(35-17(4)30)14-29(22,6)21(18)11-12-28(19,20)5/h7,15-16,19-27,31H,8-14H2,1-6H3,(H,32,33,34)/t16-,19+,20-,21-,22?,23-,24+,25-,26-,27-,28+,29+/m0/s1. The molecule has 1 unspecified atom stereocenters. The maximum Gasteiger partial charge on any atom is 0.397 e. The lowest BCUT2D eigenvalue weighted by molar-refractivity contribution is -0.189. The SMILES string of the molecule is CC(=O)O[C@@H]1C[C@@]2(C)C(CC=C3[C@@H]4CC[C@H]([C@H](C)[C@@H]5O[C@H]5CC(C)C)[C@@]4(C)CC[C@@H]32)[C@H](OS(=O)(=O)O)[C@H]1O. The summed E-state index contributed by atoms with van der Waals surface area (Å²) in [6.07, 6.45) is 6.08. The van der Waals surface area contributed by atoms with Gasteiger partial charge in [-0.1, -0.05) is 46.3 Å². The zero-order valence-electron chi connectivity index (χ0n) is 23.6. The third kappa shape index (κ3) is 4.89. The van der Waals surface area contributed by atoms with E-state index in [0.717, 1.165) is 25.7 Å². The Morgan fingerprint density at radius 3 is 2.47 bits per heavy atom. The molecule has 3 saturated carbocycles. The normalized spacial score (nSPS) is 47.0. The first-order valence-corrected chi connectivity index (χ1v) is 15.9. The number of aliphatic hydroxyl groups is 1. The quantitative estimate of drug-likeness (QED) is 0.201. The summed E-state index contributed by atoms with van der Waals surface area (Å²) in [6.45, 7) is 12.8. The summed E-state index contributed by atoms with van der Waals surface area (Å²) >= 11 is 0. The van der Waals surface area contributed by atoms with Crippen molar-refractivity contribution < 1.29 is 36.5 Å². The van der Waals surface area contributed by atoms with Crippen LogP contribution in [0.5, 0.6) is 0 Å². The maximum absolute atomic E-state index is 11.9. The molecule has 8 nitrogen and oxygen atoms in total. The molecule has 0 amide bonds. The Labute approximate surface area is 227 Å². The first-order chi connectivity index (χ1) is 17.7. The van der Waals surface area contributed by atoms with Crippen LogP contribution in [0.25, 0.3) is 0 Å². The fraction of sp³-hybridized carbons (Fsp3) is 0.897. The summed E-state index contributed by atoms with van der Waals surface area (Å²) in [7, 11) is -4.80. The second-order valence-electron chi connectivity index (χ2n) is 13.8. The highest BCUT2D eigenvalue weighted by molar-refractivity contribution is 7.80. The van der Waals surface area contributed by atoms with Crippen LogP contribution in [-0.2, 0) is 28.9 Å². The minimum Gasteiger partial charge on any atom is -0.460 e. The number of aliphatic hydroxyl groups excluding tert-OH is 1. The van der Waals surface area contributed by atoms with Gasteiger partial charge in [-0.05, 0) is 91.3 Å². The highest BCUT2D eigenvalue weighted by atomic mass is 32.3. The summed E-state index contributed by atoms with van der Waals surface area (Å²) in [5.41, 5.74) is 1.20. The molecule has 1 saturated heterocycles. The first-order valence-electron chi connectivity index (χ1n) is 14.5. The van der Waals surface area contributed by atoms with Crippen LogP contribution in [0.2, 0.25) is 0 Å². The monoisotopic (exact) mass is 554 g/mol. The van der Waals surface area contributed by atoms with E-state index < -0.39 is 40.1 Å². The van der Waals surface area contributed by atoms with Crippen LogP contribution in [0.4, 0.5) is 0 Å². The minimum atomic E-state index is -4.80. The third-order valence-electron chi connectivity index (χ3n) is 11.2. The highest BCUT2D eigenvalue weighted by Crippen LogP contribution is 2.67. The summed E-state index contributed by atoms with van der Waals surface area (Å²) < 4.78 is 49.8. The molecule has 4 aliphatic carbocycles. The molecule has 0 bridgehead atoms. The number of carbonyl (C=O) groups is 1. The van der Waals surface area contributed by atoms with E-state index in [4.69, 9.17) is 13.7 Å². The van der Waals surface area contributed by atoms with E-state index in [1.165, 1.54) is 18.9 Å². The molecule has 4 fully saturated rings. The summed E-state index contributed by atoms with van der Waals surface area (Å²) in [5, 5.41) is 11.0. The Kier molecular flexibility index (Phi) is 7.37. The van der Waals surface area contributed by atoms with Gasteiger partial charge in [-0.15, -0.1) is 0 Å². The van der Waals surface area contributed by atoms with Crippen LogP contribution < -0.4 is 0 Å². The molecule has 38 heavy (non-hydrogen) atoms. The predicted octanol–water partition coefficient (Wildman–Crippen LogP) is 4.72. The van der Waals surface area contributed by atoms with Gasteiger partial charge < -0.3 is 14.6 Å². The Morgan fingerprint density at radius 1 is 1.16 bits per heavy atom.